The van der Waals surface area contributed by atoms with E-state index in [1.807, 2.05) is 0 Å². The first-order valence-corrected chi connectivity index (χ1v) is 0. The van der Waals surface area contributed by atoms with Gasteiger partial charge in [0.2, 0.25) is 0 Å². The maximum absolute atomic E-state index is 0. The summed E-state index contributed by atoms with van der Waals surface area (Å²) in [6, 6.07) is 0. The Kier molecular flexibility index (Phi) is 213. The summed E-state index contributed by atoms with van der Waals surface area (Å²) < 4.78 is 0. The van der Waals surface area contributed by atoms with Crippen LogP contribution in [0.2, 0.25) is 0 Å². The van der Waals surface area contributed by atoms with Crippen LogP contribution in [0.3, 0.4) is 0 Å². The Balaban J connectivity index is 0. The number of rotatable bonds is 0. The van der Waals surface area contributed by atoms with Gasteiger partial charge in [-0.25, -0.2) is 0 Å². The van der Waals surface area contributed by atoms with Crippen LogP contribution in [0.5, 0.6) is 0 Å². The summed E-state index contributed by atoms with van der Waals surface area (Å²) in [6.07, 6.45) is 0. The van der Waals surface area contributed by atoms with Gasteiger partial charge in [0.1, 0.15) is 0 Å². The van der Waals surface area contributed by atoms with E-state index in [2.05, 4.69) is 0 Å². The van der Waals surface area contributed by atoms with Gasteiger partial charge in [0.05, 0.1) is 0 Å². The van der Waals surface area contributed by atoms with Crippen LogP contribution < -0.4 is 68.9 Å². The third kappa shape index (κ3) is 22.6. The molecule has 0 N–H and O–H groups in total. The van der Waals surface area contributed by atoms with Crippen molar-refractivity contribution in [1.29, 1.82) is 0 Å². The van der Waals surface area contributed by atoms with Crippen LogP contribution in [0.15, 0.2) is 0 Å². The maximum atomic E-state index is 0. The Morgan fingerprint density at radius 3 is 0.500 bits per heavy atom. The van der Waals surface area contributed by atoms with Gasteiger partial charge in [-0.3, -0.25) is 0 Å². The molecular weight excluding hydrogens is 767 g/mol. The summed E-state index contributed by atoms with van der Waals surface area (Å²) in [6.45, 7) is 0. The van der Waals surface area contributed by atoms with Gasteiger partial charge in [-0.1, -0.05) is 0 Å². The van der Waals surface area contributed by atoms with Crippen LogP contribution >= 0.6 is 120 Å². The molecule has 6 heteroatoms. The van der Waals surface area contributed by atoms with Gasteiger partial charge in [0.15, 0.2) is 0 Å². The summed E-state index contributed by atoms with van der Waals surface area (Å²) in [7, 11) is 0. The molecule has 0 bridgehead atoms. The molecule has 0 aromatic rings. The van der Waals surface area contributed by atoms with Crippen molar-refractivity contribution in [2.45, 2.75) is 0 Å². The quantitative estimate of drug-likeness (QED) is 0.310. The third-order valence-corrected chi connectivity index (χ3v) is 0. The van der Waals surface area contributed by atoms with E-state index in [-0.39, 0.29) is 190 Å². The Morgan fingerprint density at radius 2 is 0.500 bits per heavy atom. The number of halogens is 5. The summed E-state index contributed by atoms with van der Waals surface area (Å²) in [5.41, 5.74) is 0. The van der Waals surface area contributed by atoms with Crippen molar-refractivity contribution in [3.63, 3.8) is 0 Å². The van der Waals surface area contributed by atoms with E-state index < -0.39 is 0 Å². The fourth-order valence-electron chi connectivity index (χ4n) is 0. The van der Waals surface area contributed by atoms with Crippen molar-refractivity contribution in [2.75, 3.05) is 0 Å². The first-order chi connectivity index (χ1) is 0. The van der Waals surface area contributed by atoms with Crippen LogP contribution in [0.25, 0.3) is 0 Å². The average molecular weight is 773 g/mol. The fourth-order valence-corrected chi connectivity index (χ4v) is 0. The van der Waals surface area contributed by atoms with Crippen LogP contribution in [0.4, 0.5) is 0 Å². The van der Waals surface area contributed by atoms with Crippen molar-refractivity contribution in [2.24, 2.45) is 0 Å². The van der Waals surface area contributed by atoms with Crippen molar-refractivity contribution in [3.8, 4) is 0 Å². The van der Waals surface area contributed by atoms with Gasteiger partial charge in [-0.2, -0.15) is 0 Å². The summed E-state index contributed by atoms with van der Waals surface area (Å²) in [5, 5.41) is 0. The first kappa shape index (κ1) is 41.2. The minimum absolute atomic E-state index is 0. The number of hydrogen-bond donors (Lipinski definition) is 0. The van der Waals surface area contributed by atoms with Crippen LogP contribution in [-0.4, -0.2) is 0 Å². The molecule has 0 aliphatic carbocycles. The van der Waals surface area contributed by atoms with E-state index >= 15 is 0 Å². The van der Waals surface area contributed by atoms with Crippen molar-refractivity contribution in [1.82, 2.24) is 0 Å². The molecule has 0 saturated carbocycles. The SMILES string of the molecule is I.I.I.I.I.[Cs+].[H-]. The molecule has 0 aliphatic rings. The molecule has 0 heterocycles. The molecule has 0 unspecified atom stereocenters. The maximum Gasteiger partial charge on any atom is 1.00 e. The molecular formula is H6CsI5. The van der Waals surface area contributed by atoms with Gasteiger partial charge < -0.3 is 1.43 Å². The second-order valence-corrected chi connectivity index (χ2v) is 0. The van der Waals surface area contributed by atoms with Crippen LogP contribution in [0.1, 0.15) is 1.43 Å². The predicted molar refractivity (Wildman–Crippen MR) is 78.2 cm³/mol. The molecule has 0 aliphatic heterocycles. The fraction of sp³-hybridized carbons (Fsp3) is 0. The van der Waals surface area contributed by atoms with Gasteiger partial charge in [0.25, 0.3) is 0 Å². The zero-order valence-corrected chi connectivity index (χ0v) is 21.0. The van der Waals surface area contributed by atoms with E-state index in [4.69, 9.17) is 0 Å². The van der Waals surface area contributed by atoms with Gasteiger partial charge in [-0.05, 0) is 0 Å². The molecule has 42 valence electrons. The van der Waals surface area contributed by atoms with Crippen LogP contribution in [0, 0.1) is 0 Å². The molecule has 0 amide bonds. The van der Waals surface area contributed by atoms with Crippen molar-refractivity contribution < 1.29 is 70.3 Å². The second kappa shape index (κ2) is 31.0. The Hall–Kier alpha value is 5.70. The minimum Gasteiger partial charge on any atom is -1.00 e. The first-order valence-electron chi connectivity index (χ1n) is 0. The van der Waals surface area contributed by atoms with Gasteiger partial charge in [0, 0.05) is 0 Å². The molecule has 0 rings (SSSR count). The Labute approximate surface area is 184 Å². The molecule has 0 spiro atoms. The topological polar surface area (TPSA) is 0 Å². The number of hydrogen-bond acceptors (Lipinski definition) is 0. The van der Waals surface area contributed by atoms with E-state index in [0.29, 0.717) is 0 Å². The van der Waals surface area contributed by atoms with Crippen molar-refractivity contribution >= 4 is 120 Å². The summed E-state index contributed by atoms with van der Waals surface area (Å²) >= 11 is 0. The zero-order valence-electron chi connectivity index (χ0n) is 4.04. The predicted octanol–water partition coefficient (Wildman–Crippen LogP) is 0.207. The van der Waals surface area contributed by atoms with Gasteiger partial charge >= 0.3 is 68.9 Å². The van der Waals surface area contributed by atoms with E-state index in [1.165, 1.54) is 0 Å². The molecule has 0 aromatic carbocycles. The molecule has 0 atom stereocenters. The van der Waals surface area contributed by atoms with Gasteiger partial charge in [-0.15, -0.1) is 120 Å². The minimum atomic E-state index is 0. The van der Waals surface area contributed by atoms with Crippen LogP contribution in [-0.2, 0) is 0 Å². The molecule has 0 nitrogen and oxygen atoms in total. The normalized spacial score (nSPS) is 0. The monoisotopic (exact) mass is 773 g/mol. The zero-order chi connectivity index (χ0) is 0. The van der Waals surface area contributed by atoms with Crippen molar-refractivity contribution in [3.05, 3.63) is 0 Å². The third-order valence-electron chi connectivity index (χ3n) is 0. The average Bonchev–Trinajstić information content (AvgIpc) is 0. The molecule has 6 heavy (non-hydrogen) atoms. The summed E-state index contributed by atoms with van der Waals surface area (Å²) in [5.74, 6) is 0. The standard InChI is InChI=1S/Cs.5HI.H/h;5*1H;/q+1;;;;;;-1. The molecule has 0 aromatic heterocycles. The molecule has 0 fully saturated rings. The smallest absolute Gasteiger partial charge is 1.00 e. The van der Waals surface area contributed by atoms with E-state index in [9.17, 15) is 0 Å². The Bertz CT molecular complexity index is 8.04. The Morgan fingerprint density at radius 1 is 0.500 bits per heavy atom. The second-order valence-electron chi connectivity index (χ2n) is 0. The summed E-state index contributed by atoms with van der Waals surface area (Å²) in [4.78, 5) is 0. The molecule has 0 saturated heterocycles. The van der Waals surface area contributed by atoms with E-state index in [1.54, 1.807) is 0 Å². The largest absolute Gasteiger partial charge is 1.00 e. The molecule has 0 radical (unpaired) electrons. The van der Waals surface area contributed by atoms with E-state index in [0.717, 1.165) is 0 Å².